The van der Waals surface area contributed by atoms with Gasteiger partial charge < -0.3 is 40.1 Å². The zero-order valence-corrected chi connectivity index (χ0v) is 39.9. The molecular formula is C46H48Br2N4O13. The molecule has 65 heavy (non-hydrogen) atoms. The van der Waals surface area contributed by atoms with Gasteiger partial charge in [-0.1, -0.05) is 56.1 Å². The minimum Gasteiger partial charge on any atom is -0.467 e. The summed E-state index contributed by atoms with van der Waals surface area (Å²) in [6.07, 6.45) is -0.956. The van der Waals surface area contributed by atoms with Gasteiger partial charge in [-0.3, -0.25) is 9.59 Å². The van der Waals surface area contributed by atoms with E-state index < -0.39 is 71.2 Å². The third kappa shape index (κ3) is 14.7. The van der Waals surface area contributed by atoms with Crippen LogP contribution >= 0.6 is 31.9 Å². The summed E-state index contributed by atoms with van der Waals surface area (Å²) < 4.78 is 25.7. The first-order valence-corrected chi connectivity index (χ1v) is 21.3. The topological polar surface area (TPSA) is 236 Å². The van der Waals surface area contributed by atoms with E-state index in [4.69, 9.17) is 24.7 Å². The molecular weight excluding hydrogens is 976 g/mol. The minimum atomic E-state index is -0.961. The second-order valence-corrected chi connectivity index (χ2v) is 18.1. The number of benzene rings is 4. The van der Waals surface area contributed by atoms with E-state index in [0.29, 0.717) is 50.1 Å². The van der Waals surface area contributed by atoms with Crippen molar-refractivity contribution in [3.05, 3.63) is 127 Å². The third-order valence-corrected chi connectivity index (χ3v) is 9.85. The van der Waals surface area contributed by atoms with Gasteiger partial charge >= 0.3 is 36.1 Å². The summed E-state index contributed by atoms with van der Waals surface area (Å²) in [7, 11) is 2.50. The van der Waals surface area contributed by atoms with Crippen LogP contribution in [0.25, 0.3) is 0 Å². The van der Waals surface area contributed by atoms with Crippen LogP contribution in [0.1, 0.15) is 94.1 Å². The van der Waals surface area contributed by atoms with Crippen LogP contribution in [0.15, 0.2) is 93.9 Å². The Morgan fingerprint density at radius 2 is 1.00 bits per heavy atom. The van der Waals surface area contributed by atoms with E-state index in [0.717, 1.165) is 14.9 Å². The number of nitrogens with one attached hydrogen (secondary N) is 2. The van der Waals surface area contributed by atoms with E-state index in [1.165, 1.54) is 14.2 Å². The number of hydrogen-bond acceptors (Lipinski definition) is 14. The summed E-state index contributed by atoms with van der Waals surface area (Å²) in [5.74, 6) is -3.09. The molecule has 0 spiro atoms. The molecule has 2 heterocycles. The van der Waals surface area contributed by atoms with Crippen molar-refractivity contribution in [2.45, 2.75) is 77.7 Å². The normalized spacial score (nSPS) is 13.6. The number of nitrogens with two attached hydrogens (primary N) is 1. The molecule has 4 aromatic carbocycles. The van der Waals surface area contributed by atoms with Crippen LogP contribution in [0, 0.1) is 0 Å². The van der Waals surface area contributed by atoms with Gasteiger partial charge in [0.2, 0.25) is 0 Å². The number of methoxy groups -OCH3 is 2. The van der Waals surface area contributed by atoms with Crippen molar-refractivity contribution in [2.75, 3.05) is 24.9 Å². The summed E-state index contributed by atoms with van der Waals surface area (Å²) in [6, 6.07) is 21.6. The molecule has 4 N–H and O–H groups in total. The van der Waals surface area contributed by atoms with Gasteiger partial charge in [0.05, 0.1) is 42.2 Å². The summed E-state index contributed by atoms with van der Waals surface area (Å²) in [6.45, 7) is 10.4. The van der Waals surface area contributed by atoms with E-state index in [1.807, 2.05) is 0 Å². The van der Waals surface area contributed by atoms with E-state index in [-0.39, 0.29) is 6.42 Å². The van der Waals surface area contributed by atoms with Gasteiger partial charge in [0, 0.05) is 27.5 Å². The van der Waals surface area contributed by atoms with Gasteiger partial charge in [0.1, 0.15) is 23.3 Å². The van der Waals surface area contributed by atoms with Gasteiger partial charge in [-0.05, 0) is 113 Å². The van der Waals surface area contributed by atoms with Gasteiger partial charge in [0.25, 0.3) is 11.8 Å². The minimum absolute atomic E-state index is 0.140. The molecule has 2 aliphatic heterocycles. The Morgan fingerprint density at radius 3 is 1.45 bits per heavy atom. The van der Waals surface area contributed by atoms with Crippen molar-refractivity contribution in [3.8, 4) is 0 Å². The molecule has 0 bridgehead atoms. The molecule has 0 saturated carbocycles. The number of imide groups is 1. The Balaban J connectivity index is 0.000000238. The van der Waals surface area contributed by atoms with Crippen LogP contribution in [0.4, 0.5) is 21.0 Å². The average molecular weight is 1020 g/mol. The lowest BCUT2D eigenvalue weighted by Gasteiger charge is -2.22. The average Bonchev–Trinajstić information content (AvgIpc) is 3.64. The van der Waals surface area contributed by atoms with E-state index in [9.17, 15) is 38.4 Å². The summed E-state index contributed by atoms with van der Waals surface area (Å²) in [5, 5.41) is 5.04. The second kappa shape index (κ2) is 21.9. The third-order valence-electron chi connectivity index (χ3n) is 8.86. The molecule has 17 nitrogen and oxygen atoms in total. The number of hydrogen-bond donors (Lipinski definition) is 3. The quantitative estimate of drug-likeness (QED) is 0.0484. The number of amides is 4. The van der Waals surface area contributed by atoms with Crippen LogP contribution in [0.3, 0.4) is 0 Å². The molecule has 0 aromatic heterocycles. The smallest absolute Gasteiger partial charge is 0.408 e. The van der Waals surface area contributed by atoms with E-state index in [1.54, 1.807) is 126 Å². The Labute approximate surface area is 391 Å². The van der Waals surface area contributed by atoms with E-state index >= 15 is 0 Å². The standard InChI is InChI=1S/C23H23BrN2O6.C15H22N2O4.C8H3BrO3/c1-23(2,3)32-22(30)25-18(21(29)31-4)11-13-5-8-15(9-6-13)26-19(27)16-10-7-14(24)12-17(16)20(26)28;1-15(2,3)21-14(19)17-12(13(18)20-4)9-10-5-7-11(16)8-6-10;9-4-1-2-5-6(3-4)8(11)12-7(5)10/h5-10,12,18H,11H2,1-4H3,(H,25,30);5-8,12H,9,16H2,1-4H3,(H,17,19);1-3H. The number of cyclic esters (lactones) is 2. The van der Waals surface area contributed by atoms with E-state index in [2.05, 4.69) is 47.2 Å². The molecule has 2 unspecified atom stereocenters. The van der Waals surface area contributed by atoms with Gasteiger partial charge in [0.15, 0.2) is 0 Å². The van der Waals surface area contributed by atoms with Crippen molar-refractivity contribution in [1.82, 2.24) is 10.6 Å². The highest BCUT2D eigenvalue weighted by atomic mass is 79.9. The number of esters is 4. The van der Waals surface area contributed by atoms with Crippen molar-refractivity contribution in [2.24, 2.45) is 0 Å². The molecule has 0 aliphatic carbocycles. The molecule has 6 rings (SSSR count). The highest BCUT2D eigenvalue weighted by Crippen LogP contribution is 2.31. The zero-order valence-electron chi connectivity index (χ0n) is 36.7. The zero-order chi connectivity index (χ0) is 48.4. The van der Waals surface area contributed by atoms with Gasteiger partial charge in [-0.2, -0.15) is 0 Å². The fraction of sp³-hybridized carbons (Fsp3) is 0.304. The molecule has 344 valence electrons. The maximum Gasteiger partial charge on any atom is 0.408 e. The molecule has 19 heteroatoms. The molecule has 0 radical (unpaired) electrons. The number of carbonyl (C=O) groups excluding carboxylic acids is 8. The lowest BCUT2D eigenvalue weighted by Crippen LogP contribution is -2.45. The fourth-order valence-corrected chi connectivity index (χ4v) is 6.70. The number of anilines is 2. The molecule has 4 amide bonds. The molecule has 2 aliphatic rings. The maximum atomic E-state index is 12.7. The first-order valence-electron chi connectivity index (χ1n) is 19.7. The van der Waals surface area contributed by atoms with Crippen molar-refractivity contribution in [1.29, 1.82) is 0 Å². The number of rotatable bonds is 9. The van der Waals surface area contributed by atoms with Gasteiger partial charge in [-0.25, -0.2) is 33.7 Å². The van der Waals surface area contributed by atoms with Crippen LogP contribution < -0.4 is 21.3 Å². The summed E-state index contributed by atoms with van der Waals surface area (Å²) in [4.78, 5) is 96.2. The van der Waals surface area contributed by atoms with Crippen LogP contribution in [-0.2, 0) is 46.1 Å². The Morgan fingerprint density at radius 1 is 0.600 bits per heavy atom. The van der Waals surface area contributed by atoms with Crippen LogP contribution in [-0.4, -0.2) is 85.4 Å². The van der Waals surface area contributed by atoms with Crippen molar-refractivity contribution < 1.29 is 62.0 Å². The molecule has 4 aromatic rings. The van der Waals surface area contributed by atoms with Crippen molar-refractivity contribution in [3.63, 3.8) is 0 Å². The Kier molecular flexibility index (Phi) is 17.2. The molecule has 0 saturated heterocycles. The number of halogens is 2. The van der Waals surface area contributed by atoms with Crippen LogP contribution in [0.5, 0.6) is 0 Å². The highest BCUT2D eigenvalue weighted by molar-refractivity contribution is 9.10. The largest absolute Gasteiger partial charge is 0.467 e. The number of carbonyl (C=O) groups is 8. The monoisotopic (exact) mass is 1020 g/mol. The number of nitrogens with zero attached hydrogens (tertiary/aromatic N) is 1. The Bertz CT molecular complexity index is 2460. The summed E-state index contributed by atoms with van der Waals surface area (Å²) >= 11 is 6.51. The predicted molar refractivity (Wildman–Crippen MR) is 244 cm³/mol. The molecule has 2 atom stereocenters. The molecule has 0 fully saturated rings. The van der Waals surface area contributed by atoms with Gasteiger partial charge in [-0.15, -0.1) is 0 Å². The fourth-order valence-electron chi connectivity index (χ4n) is 5.98. The maximum absolute atomic E-state index is 12.7. The SMILES string of the molecule is COC(=O)C(Cc1ccc(N)cc1)NC(=O)OC(C)(C)C.COC(=O)C(Cc1ccc(N2C(=O)c3ccc(Br)cc3C2=O)cc1)NC(=O)OC(C)(C)C.O=C1OC(=O)c2cc(Br)ccc21. The first-order chi connectivity index (χ1) is 30.4. The number of ether oxygens (including phenoxy) is 5. The predicted octanol–water partition coefficient (Wildman–Crippen LogP) is 7.50. The number of nitrogen functional groups attached to an aromatic ring is 1. The van der Waals surface area contributed by atoms with Crippen molar-refractivity contribution >= 4 is 91.1 Å². The lowest BCUT2D eigenvalue weighted by atomic mass is 10.1. The summed E-state index contributed by atoms with van der Waals surface area (Å²) in [5.41, 5.74) is 8.20. The second-order valence-electron chi connectivity index (χ2n) is 16.3. The number of fused-ring (bicyclic) bond motifs is 2. The van der Waals surface area contributed by atoms with Crippen LogP contribution in [0.2, 0.25) is 0 Å². The number of alkyl carbamates (subject to hydrolysis) is 2. The Hall–Kier alpha value is -6.60. The lowest BCUT2D eigenvalue weighted by molar-refractivity contribution is -0.143. The highest BCUT2D eigenvalue weighted by Gasteiger charge is 2.37. The first kappa shape index (κ1) is 51.0.